The molecular formula is C74H71BN2S. The molecule has 0 saturated carbocycles. The lowest BCUT2D eigenvalue weighted by molar-refractivity contribution is 0.569. The van der Waals surface area contributed by atoms with Crippen LogP contribution in [0.15, 0.2) is 182 Å². The maximum absolute atomic E-state index is 2.64. The van der Waals surface area contributed by atoms with Crippen molar-refractivity contribution in [3.8, 4) is 22.3 Å². The van der Waals surface area contributed by atoms with E-state index in [1.807, 2.05) is 11.3 Å². The summed E-state index contributed by atoms with van der Waals surface area (Å²) in [6.07, 6.45) is 0.995. The summed E-state index contributed by atoms with van der Waals surface area (Å²) in [6, 6.07) is 71.1. The Hall–Kier alpha value is -7.40. The fourth-order valence-corrected chi connectivity index (χ4v) is 13.9. The number of hydrogen-bond donors (Lipinski definition) is 0. The molecule has 0 atom stereocenters. The Bertz CT molecular complexity index is 4170. The highest BCUT2D eigenvalue weighted by Crippen LogP contribution is 2.51. The lowest BCUT2D eigenvalue weighted by atomic mass is 9.36. The summed E-state index contributed by atoms with van der Waals surface area (Å²) in [5, 5.41) is 9.03. The van der Waals surface area contributed by atoms with Crippen molar-refractivity contribution in [3.05, 3.63) is 210 Å². The average molecular weight is 1030 g/mol. The summed E-state index contributed by atoms with van der Waals surface area (Å²) in [6.45, 7) is 30.4. The van der Waals surface area contributed by atoms with Gasteiger partial charge in [-0.05, 0) is 176 Å². The SMILES string of the molecule is CCc1ccc(N2c3cccc4c3B(c3cc(-c5cc(C(C)(C)C)cc(C(C)(C)C)c5)ccc3N4c3ccc(C(C)(C)C)cc3-c3ccc4c5ccccc5c5ccccc5c4c3)c3sc4ccc(C(C)(C)C)cc4c32)cc1. The number of hydrogen-bond acceptors (Lipinski definition) is 3. The van der Waals surface area contributed by atoms with Crippen molar-refractivity contribution < 1.29 is 0 Å². The first-order valence-corrected chi connectivity index (χ1v) is 29.1. The molecular weight excluding hydrogens is 960 g/mol. The molecule has 0 N–H and O–H groups in total. The minimum atomic E-state index is -0.0789. The van der Waals surface area contributed by atoms with Gasteiger partial charge in [0, 0.05) is 43.2 Å². The highest BCUT2D eigenvalue weighted by molar-refractivity contribution is 7.33. The molecule has 0 amide bonds. The molecule has 11 aromatic rings. The van der Waals surface area contributed by atoms with Crippen molar-refractivity contribution in [1.82, 2.24) is 0 Å². The Morgan fingerprint density at radius 1 is 0.385 bits per heavy atom. The van der Waals surface area contributed by atoms with Gasteiger partial charge in [-0.1, -0.05) is 211 Å². The Balaban J connectivity index is 1.13. The van der Waals surface area contributed by atoms with Gasteiger partial charge in [-0.2, -0.15) is 0 Å². The zero-order valence-electron chi connectivity index (χ0n) is 47.9. The van der Waals surface area contributed by atoms with Crippen LogP contribution < -0.4 is 25.5 Å². The first-order valence-electron chi connectivity index (χ1n) is 28.3. The third kappa shape index (κ3) is 8.11. The Morgan fingerprint density at radius 3 is 1.53 bits per heavy atom. The summed E-state index contributed by atoms with van der Waals surface area (Å²) < 4.78 is 2.71. The Labute approximate surface area is 467 Å². The van der Waals surface area contributed by atoms with Crippen LogP contribution in [0.4, 0.5) is 34.1 Å². The zero-order chi connectivity index (χ0) is 54.4. The van der Waals surface area contributed by atoms with E-state index in [4.69, 9.17) is 0 Å². The van der Waals surface area contributed by atoms with E-state index in [1.54, 1.807) is 0 Å². The van der Waals surface area contributed by atoms with Gasteiger partial charge >= 0.3 is 0 Å². The third-order valence-corrected chi connectivity index (χ3v) is 18.4. The molecule has 386 valence electrons. The van der Waals surface area contributed by atoms with E-state index in [-0.39, 0.29) is 28.4 Å². The van der Waals surface area contributed by atoms with Gasteiger partial charge < -0.3 is 9.80 Å². The molecule has 2 aliphatic rings. The quantitative estimate of drug-likeness (QED) is 0.125. The van der Waals surface area contributed by atoms with Crippen molar-refractivity contribution >= 4 is 110 Å². The molecule has 0 radical (unpaired) electrons. The molecule has 0 unspecified atom stereocenters. The van der Waals surface area contributed by atoms with Gasteiger partial charge in [0.2, 0.25) is 0 Å². The van der Waals surface area contributed by atoms with Crippen LogP contribution in [0.5, 0.6) is 0 Å². The fourth-order valence-electron chi connectivity index (χ4n) is 12.6. The van der Waals surface area contributed by atoms with Crippen LogP contribution in [0.3, 0.4) is 0 Å². The van der Waals surface area contributed by atoms with E-state index in [1.165, 1.54) is 142 Å². The molecule has 2 nitrogen and oxygen atoms in total. The van der Waals surface area contributed by atoms with Crippen LogP contribution >= 0.6 is 11.3 Å². The average Bonchev–Trinajstić information content (AvgIpc) is 3.40. The van der Waals surface area contributed by atoms with Crippen molar-refractivity contribution in [2.24, 2.45) is 0 Å². The summed E-state index contributed by atoms with van der Waals surface area (Å²) in [4.78, 5) is 5.26. The summed E-state index contributed by atoms with van der Waals surface area (Å²) >= 11 is 1.99. The number of anilines is 6. The summed E-state index contributed by atoms with van der Waals surface area (Å²) in [7, 11) is 0. The van der Waals surface area contributed by atoms with Crippen LogP contribution in [0.25, 0.3) is 64.7 Å². The first-order chi connectivity index (χ1) is 37.2. The first kappa shape index (κ1) is 50.1. The summed E-state index contributed by atoms with van der Waals surface area (Å²) in [5.41, 5.74) is 21.6. The predicted octanol–water partition coefficient (Wildman–Crippen LogP) is 19.5. The molecule has 2 aliphatic heterocycles. The van der Waals surface area contributed by atoms with Gasteiger partial charge in [-0.25, -0.2) is 0 Å². The van der Waals surface area contributed by atoms with E-state index in [0.29, 0.717) is 0 Å². The fraction of sp³-hybridized carbons (Fsp3) is 0.243. The van der Waals surface area contributed by atoms with E-state index < -0.39 is 0 Å². The number of benzene rings is 10. The predicted molar refractivity (Wildman–Crippen MR) is 343 cm³/mol. The summed E-state index contributed by atoms with van der Waals surface area (Å²) in [5.74, 6) is 0. The topological polar surface area (TPSA) is 6.48 Å². The van der Waals surface area contributed by atoms with Crippen LogP contribution in [0.1, 0.15) is 118 Å². The van der Waals surface area contributed by atoms with Gasteiger partial charge in [0.15, 0.2) is 0 Å². The van der Waals surface area contributed by atoms with E-state index in [2.05, 4.69) is 282 Å². The van der Waals surface area contributed by atoms with E-state index in [0.717, 1.165) is 6.42 Å². The third-order valence-electron chi connectivity index (χ3n) is 17.2. The normalized spacial score (nSPS) is 13.7. The second-order valence-electron chi connectivity index (χ2n) is 26.5. The molecule has 13 rings (SSSR count). The lowest BCUT2D eigenvalue weighted by Gasteiger charge is -2.43. The maximum Gasteiger partial charge on any atom is 0.264 e. The van der Waals surface area contributed by atoms with E-state index in [9.17, 15) is 0 Å². The molecule has 0 saturated heterocycles. The molecule has 3 heterocycles. The van der Waals surface area contributed by atoms with Gasteiger partial charge in [-0.15, -0.1) is 11.3 Å². The highest BCUT2D eigenvalue weighted by atomic mass is 32.1. The molecule has 0 spiro atoms. The molecule has 0 aliphatic carbocycles. The van der Waals surface area contributed by atoms with E-state index >= 15 is 0 Å². The van der Waals surface area contributed by atoms with Crippen LogP contribution in [-0.2, 0) is 28.1 Å². The Morgan fingerprint density at radius 2 is 0.923 bits per heavy atom. The molecule has 78 heavy (non-hydrogen) atoms. The number of aryl methyl sites for hydroxylation is 1. The second kappa shape index (κ2) is 17.8. The second-order valence-corrected chi connectivity index (χ2v) is 27.6. The zero-order valence-corrected chi connectivity index (χ0v) is 48.7. The van der Waals surface area contributed by atoms with Gasteiger partial charge in [-0.3, -0.25) is 0 Å². The molecule has 10 aromatic carbocycles. The number of fused-ring (bicyclic) bond motifs is 12. The van der Waals surface area contributed by atoms with Crippen LogP contribution in [0, 0.1) is 0 Å². The number of nitrogens with zero attached hydrogens (tertiary/aromatic N) is 2. The van der Waals surface area contributed by atoms with Gasteiger partial charge in [0.25, 0.3) is 6.71 Å². The van der Waals surface area contributed by atoms with Crippen molar-refractivity contribution in [2.45, 2.75) is 118 Å². The molecule has 4 heteroatoms. The largest absolute Gasteiger partial charge is 0.311 e. The molecule has 0 fully saturated rings. The van der Waals surface area contributed by atoms with Crippen molar-refractivity contribution in [2.75, 3.05) is 9.80 Å². The van der Waals surface area contributed by atoms with Gasteiger partial charge in [0.1, 0.15) is 0 Å². The minimum Gasteiger partial charge on any atom is -0.311 e. The molecule has 1 aromatic heterocycles. The number of rotatable bonds is 5. The maximum atomic E-state index is 2.64. The van der Waals surface area contributed by atoms with Crippen molar-refractivity contribution in [3.63, 3.8) is 0 Å². The van der Waals surface area contributed by atoms with Crippen LogP contribution in [-0.4, -0.2) is 6.71 Å². The van der Waals surface area contributed by atoms with Crippen molar-refractivity contribution in [1.29, 1.82) is 0 Å². The molecule has 0 bridgehead atoms. The Kier molecular flexibility index (Phi) is 11.5. The van der Waals surface area contributed by atoms with Crippen LogP contribution in [0.2, 0.25) is 0 Å². The van der Waals surface area contributed by atoms with Gasteiger partial charge in [0.05, 0.1) is 11.4 Å². The minimum absolute atomic E-state index is 0.0110. The monoisotopic (exact) mass is 1030 g/mol. The number of thiophene rings is 1. The standard InChI is InChI=1S/C74H71BN2S/c1-14-45-26-32-53(33-27-45)76-65-24-19-25-66-68(65)75(70-69(76)61-44-50(72(5,6)7)31-37-67(61)78-70)62-41-46(48-38-51(73(8,9)10)42-52(39-48)74(11,12)13)29-35-64(62)77(66)63-36-30-49(71(2,3)4)43-59(63)47-28-34-58-56-22-16-15-20-54(56)55-21-17-18-23-57(55)60(58)40-47/h15-44H,14H2,1-13H3. The smallest absolute Gasteiger partial charge is 0.264 e. The lowest BCUT2D eigenvalue weighted by Crippen LogP contribution is -2.60. The highest BCUT2D eigenvalue weighted by Gasteiger charge is 2.46.